The van der Waals surface area contributed by atoms with Crippen LogP contribution in [0.15, 0.2) is 72.1 Å². The molecule has 5 heteroatoms. The highest BCUT2D eigenvalue weighted by Crippen LogP contribution is 2.36. The minimum Gasteiger partial charge on any atom is -0.301 e. The van der Waals surface area contributed by atoms with E-state index in [9.17, 15) is 0 Å². The maximum Gasteiger partial charge on any atom is 0.149 e. The molecule has 0 unspecified atom stereocenters. The van der Waals surface area contributed by atoms with Crippen molar-refractivity contribution in [2.45, 2.75) is 18.4 Å². The Morgan fingerprint density at radius 3 is 2.50 bits per heavy atom. The molecular weight excluding hydrogens is 362 g/mol. The molecule has 130 valence electrons. The molecule has 0 bridgehead atoms. The fourth-order valence-electron chi connectivity index (χ4n) is 2.98. The monoisotopic (exact) mass is 379 g/mol. The van der Waals surface area contributed by atoms with Crippen LogP contribution in [0.3, 0.4) is 0 Å². The van der Waals surface area contributed by atoms with Crippen LogP contribution in [0.2, 0.25) is 5.02 Å². The Morgan fingerprint density at radius 2 is 1.77 bits per heavy atom. The third-order valence-electron chi connectivity index (χ3n) is 4.18. The van der Waals surface area contributed by atoms with Gasteiger partial charge in [-0.1, -0.05) is 48.9 Å². The minimum absolute atomic E-state index is 0.724. The molecule has 3 nitrogen and oxygen atoms in total. The fourth-order valence-corrected chi connectivity index (χ4v) is 3.97. The first kappa shape index (κ1) is 17.1. The summed E-state index contributed by atoms with van der Waals surface area (Å²) < 4.78 is 2.12. The van der Waals surface area contributed by atoms with E-state index in [1.54, 1.807) is 18.1 Å². The fraction of sp³-hybridized carbons (Fsp3) is 0.143. The summed E-state index contributed by atoms with van der Waals surface area (Å²) in [6.45, 7) is 2.18. The molecule has 0 fully saturated rings. The second kappa shape index (κ2) is 7.52. The van der Waals surface area contributed by atoms with Crippen LogP contribution in [0.5, 0.6) is 0 Å². The van der Waals surface area contributed by atoms with Gasteiger partial charge in [-0.25, -0.2) is 9.97 Å². The van der Waals surface area contributed by atoms with Gasteiger partial charge in [-0.05, 0) is 42.0 Å². The number of fused-ring (bicyclic) bond motifs is 1. The van der Waals surface area contributed by atoms with Gasteiger partial charge in [0.05, 0.1) is 5.39 Å². The average molecular weight is 380 g/mol. The van der Waals surface area contributed by atoms with Crippen LogP contribution in [-0.2, 0) is 0 Å². The van der Waals surface area contributed by atoms with Crippen LogP contribution in [-0.4, -0.2) is 20.3 Å². The van der Waals surface area contributed by atoms with Gasteiger partial charge in [0.1, 0.15) is 17.0 Å². The zero-order valence-corrected chi connectivity index (χ0v) is 16.0. The highest BCUT2D eigenvalue weighted by Gasteiger charge is 2.17. The number of benzene rings is 2. The number of nitrogens with zero attached hydrogens (tertiary/aromatic N) is 3. The van der Waals surface area contributed by atoms with Crippen molar-refractivity contribution in [3.05, 3.63) is 72.1 Å². The van der Waals surface area contributed by atoms with Crippen LogP contribution in [0.1, 0.15) is 13.3 Å². The molecule has 2 heterocycles. The van der Waals surface area contributed by atoms with Crippen LogP contribution < -0.4 is 0 Å². The molecule has 0 aliphatic carbocycles. The summed E-state index contributed by atoms with van der Waals surface area (Å²) in [6.07, 6.45) is 4.91. The Morgan fingerprint density at radius 1 is 1.00 bits per heavy atom. The third-order valence-corrected chi connectivity index (χ3v) is 5.63. The molecule has 0 aliphatic rings. The van der Waals surface area contributed by atoms with Crippen LogP contribution in [0.25, 0.3) is 27.8 Å². The summed E-state index contributed by atoms with van der Waals surface area (Å²) in [5.41, 5.74) is 4.26. The molecule has 0 aliphatic heterocycles. The third kappa shape index (κ3) is 3.22. The molecule has 2 aromatic heterocycles. The van der Waals surface area contributed by atoms with Crippen LogP contribution in [0, 0.1) is 0 Å². The first-order chi connectivity index (χ1) is 12.8. The van der Waals surface area contributed by atoms with Crippen molar-refractivity contribution < 1.29 is 0 Å². The molecule has 0 atom stereocenters. The predicted molar refractivity (Wildman–Crippen MR) is 110 cm³/mol. The van der Waals surface area contributed by atoms with E-state index in [0.29, 0.717) is 0 Å². The summed E-state index contributed by atoms with van der Waals surface area (Å²) in [7, 11) is 0. The van der Waals surface area contributed by atoms with Crippen molar-refractivity contribution in [1.29, 1.82) is 0 Å². The Hall–Kier alpha value is -2.30. The van der Waals surface area contributed by atoms with Gasteiger partial charge in [0.2, 0.25) is 0 Å². The van der Waals surface area contributed by atoms with Crippen molar-refractivity contribution in [2.75, 3.05) is 5.75 Å². The van der Waals surface area contributed by atoms with Crippen molar-refractivity contribution in [3.8, 4) is 16.8 Å². The quantitative estimate of drug-likeness (QED) is 0.303. The van der Waals surface area contributed by atoms with Crippen LogP contribution >= 0.6 is 23.4 Å². The summed E-state index contributed by atoms with van der Waals surface area (Å²) in [5.74, 6) is 1.03. The largest absolute Gasteiger partial charge is 0.301 e. The molecule has 4 rings (SSSR count). The first-order valence-corrected chi connectivity index (χ1v) is 9.94. The summed E-state index contributed by atoms with van der Waals surface area (Å²) in [4.78, 5) is 9.17. The Kier molecular flexibility index (Phi) is 4.96. The zero-order chi connectivity index (χ0) is 17.9. The van der Waals surface area contributed by atoms with Crippen molar-refractivity contribution in [3.63, 3.8) is 0 Å². The zero-order valence-electron chi connectivity index (χ0n) is 14.4. The van der Waals surface area contributed by atoms with E-state index < -0.39 is 0 Å². The number of rotatable bonds is 5. The predicted octanol–water partition coefficient (Wildman–Crippen LogP) is 6.24. The molecule has 4 aromatic rings. The van der Waals surface area contributed by atoms with E-state index in [4.69, 9.17) is 11.6 Å². The van der Waals surface area contributed by atoms with Gasteiger partial charge in [-0.15, -0.1) is 11.8 Å². The number of halogens is 1. The summed E-state index contributed by atoms with van der Waals surface area (Å²) >= 11 is 7.85. The van der Waals surface area contributed by atoms with Crippen molar-refractivity contribution in [1.82, 2.24) is 14.5 Å². The second-order valence-corrected chi connectivity index (χ2v) is 7.50. The van der Waals surface area contributed by atoms with Crippen molar-refractivity contribution in [2.24, 2.45) is 0 Å². The summed E-state index contributed by atoms with van der Waals surface area (Å²) in [6, 6.07) is 18.2. The SMILES string of the molecule is CCCSc1ncnc2c1c(-c1ccccc1)cn2-c1ccc(Cl)cc1. The van der Waals surface area contributed by atoms with E-state index in [1.165, 1.54) is 5.56 Å². The Labute approximate surface area is 162 Å². The van der Waals surface area contributed by atoms with Crippen LogP contribution in [0.4, 0.5) is 0 Å². The first-order valence-electron chi connectivity index (χ1n) is 8.58. The second-order valence-electron chi connectivity index (χ2n) is 5.98. The van der Waals surface area contributed by atoms with E-state index >= 15 is 0 Å². The molecule has 0 radical (unpaired) electrons. The lowest BCUT2D eigenvalue weighted by molar-refractivity contribution is 1.04. The van der Waals surface area contributed by atoms with Crippen molar-refractivity contribution >= 4 is 34.4 Å². The molecular formula is C21H18ClN3S. The molecule has 0 saturated carbocycles. The van der Waals surface area contributed by atoms with Gasteiger partial charge < -0.3 is 4.57 Å². The van der Waals surface area contributed by atoms with Gasteiger partial charge in [-0.3, -0.25) is 0 Å². The molecule has 0 saturated heterocycles. The van der Waals surface area contributed by atoms with Gasteiger partial charge in [0.25, 0.3) is 0 Å². The van der Waals surface area contributed by atoms with Gasteiger partial charge in [0, 0.05) is 22.5 Å². The maximum atomic E-state index is 6.06. The summed E-state index contributed by atoms with van der Waals surface area (Å²) in [5, 5.41) is 2.86. The molecule has 2 aromatic carbocycles. The number of hydrogen-bond donors (Lipinski definition) is 0. The van der Waals surface area contributed by atoms with E-state index in [0.717, 1.165) is 44.5 Å². The standard InChI is InChI=1S/C21H18ClN3S/c1-2-12-26-21-19-18(15-6-4-3-5-7-15)13-25(20(19)23-14-24-21)17-10-8-16(22)9-11-17/h3-11,13-14H,2,12H2,1H3. The molecule has 0 amide bonds. The van der Waals surface area contributed by atoms with Gasteiger partial charge in [0.15, 0.2) is 0 Å². The van der Waals surface area contributed by atoms with E-state index in [2.05, 4.69) is 51.9 Å². The lowest BCUT2D eigenvalue weighted by atomic mass is 10.1. The molecule has 0 N–H and O–H groups in total. The lowest BCUT2D eigenvalue weighted by Crippen LogP contribution is -1.94. The van der Waals surface area contributed by atoms with E-state index in [1.807, 2.05) is 30.3 Å². The highest BCUT2D eigenvalue weighted by molar-refractivity contribution is 7.99. The van der Waals surface area contributed by atoms with E-state index in [-0.39, 0.29) is 0 Å². The Bertz CT molecular complexity index is 1030. The lowest BCUT2D eigenvalue weighted by Gasteiger charge is -2.06. The maximum absolute atomic E-state index is 6.06. The molecule has 0 spiro atoms. The minimum atomic E-state index is 0.724. The molecule has 26 heavy (non-hydrogen) atoms. The topological polar surface area (TPSA) is 30.7 Å². The number of aromatic nitrogens is 3. The Balaban J connectivity index is 1.98. The normalized spacial score (nSPS) is 11.2. The smallest absolute Gasteiger partial charge is 0.149 e. The number of hydrogen-bond acceptors (Lipinski definition) is 3. The van der Waals surface area contributed by atoms with Gasteiger partial charge in [-0.2, -0.15) is 0 Å². The average Bonchev–Trinajstić information content (AvgIpc) is 3.08. The van der Waals surface area contributed by atoms with Gasteiger partial charge >= 0.3 is 0 Å². The highest BCUT2D eigenvalue weighted by atomic mass is 35.5. The number of thioether (sulfide) groups is 1.